The zero-order chi connectivity index (χ0) is 10.2. The zero-order valence-electron chi connectivity index (χ0n) is 7.59. The van der Waals surface area contributed by atoms with Crippen LogP contribution in [0.5, 0.6) is 0 Å². The average molecular weight is 193 g/mol. The highest BCUT2D eigenvalue weighted by molar-refractivity contribution is 6.31. The van der Waals surface area contributed by atoms with E-state index in [9.17, 15) is 4.79 Å². The maximum atomic E-state index is 9.95. The van der Waals surface area contributed by atoms with Crippen LogP contribution in [0.15, 0.2) is 41.4 Å². The second-order valence-corrected chi connectivity index (χ2v) is 2.50. The van der Waals surface area contributed by atoms with Crippen LogP contribution in [0.1, 0.15) is 0 Å². The van der Waals surface area contributed by atoms with Crippen molar-refractivity contribution in [2.75, 3.05) is 13.2 Å². The van der Waals surface area contributed by atoms with Gasteiger partial charge in [0.2, 0.25) is 0 Å². The molecule has 0 radical (unpaired) electrons. The van der Waals surface area contributed by atoms with Crippen molar-refractivity contribution in [3.63, 3.8) is 0 Å². The molecule has 1 aromatic rings. The normalized spacial score (nSPS) is 13.3. The lowest BCUT2D eigenvalue weighted by molar-refractivity contribution is -0.130. The first-order valence-corrected chi connectivity index (χ1v) is 4.21. The Hall–Kier alpha value is -1.84. The van der Waals surface area contributed by atoms with E-state index < -0.39 is 5.97 Å². The van der Waals surface area contributed by atoms with Crippen molar-refractivity contribution in [2.24, 2.45) is 4.99 Å². The zero-order valence-corrected chi connectivity index (χ0v) is 7.59. The minimum absolute atomic E-state index is 0.162. The first-order valence-electron chi connectivity index (χ1n) is 4.21. The Balaban J connectivity index is 0.000000146. The molecule has 1 heterocycles. The second kappa shape index (κ2) is 5.75. The molecule has 0 aromatic heterocycles. The molecular weight excluding hydrogens is 182 g/mol. The summed E-state index contributed by atoms with van der Waals surface area (Å²) in [6, 6.07) is 12.0. The fraction of sp³-hybridized carbons (Fsp3) is 0.200. The third kappa shape index (κ3) is 3.71. The van der Waals surface area contributed by atoms with E-state index in [-0.39, 0.29) is 5.90 Å². The highest BCUT2D eigenvalue weighted by Gasteiger charge is 2.14. The summed E-state index contributed by atoms with van der Waals surface area (Å²) >= 11 is 0. The lowest BCUT2D eigenvalue weighted by Gasteiger charge is -1.89. The minimum atomic E-state index is -1.08. The number of carboxylic acids is 1. The number of aliphatic carboxylic acids is 1. The third-order valence-electron chi connectivity index (χ3n) is 1.44. The Bertz CT molecular complexity index is 282. The Morgan fingerprint density at radius 2 is 1.71 bits per heavy atom. The molecule has 0 spiro atoms. The number of hydrogen-bond acceptors (Lipinski definition) is 3. The van der Waals surface area contributed by atoms with Crippen LogP contribution in [0.4, 0.5) is 0 Å². The van der Waals surface area contributed by atoms with Crippen LogP contribution in [0.3, 0.4) is 0 Å². The number of rotatable bonds is 1. The predicted octanol–water partition coefficient (Wildman–Crippen LogP) is 1.19. The van der Waals surface area contributed by atoms with E-state index in [0.29, 0.717) is 13.2 Å². The van der Waals surface area contributed by atoms with Crippen LogP contribution in [-0.4, -0.2) is 30.1 Å². The minimum Gasteiger partial charge on any atom is -0.474 e. The summed E-state index contributed by atoms with van der Waals surface area (Å²) in [6.07, 6.45) is 0. The van der Waals surface area contributed by atoms with Crippen molar-refractivity contribution >= 4 is 11.9 Å². The average Bonchev–Trinajstić information content (AvgIpc) is 2.74. The molecule has 0 saturated heterocycles. The van der Waals surface area contributed by atoms with Crippen molar-refractivity contribution < 1.29 is 14.6 Å². The van der Waals surface area contributed by atoms with Crippen LogP contribution >= 0.6 is 0 Å². The summed E-state index contributed by atoms with van der Waals surface area (Å²) < 4.78 is 4.56. The molecule has 1 N–H and O–H groups in total. The molecule has 0 aliphatic carbocycles. The maximum absolute atomic E-state index is 9.95. The topological polar surface area (TPSA) is 58.9 Å². The first-order chi connectivity index (χ1) is 6.80. The molecule has 1 aliphatic rings. The SMILES string of the molecule is O=C(O)C1=NCCO1.c1ccccc1. The molecule has 4 nitrogen and oxygen atoms in total. The Kier molecular flexibility index (Phi) is 4.20. The van der Waals surface area contributed by atoms with Crippen molar-refractivity contribution in [1.82, 2.24) is 0 Å². The molecule has 14 heavy (non-hydrogen) atoms. The molecule has 74 valence electrons. The van der Waals surface area contributed by atoms with Gasteiger partial charge in [-0.3, -0.25) is 0 Å². The van der Waals surface area contributed by atoms with E-state index in [1.54, 1.807) is 0 Å². The molecule has 0 atom stereocenters. The molecule has 0 amide bonds. The molecule has 0 unspecified atom stereocenters. The van der Waals surface area contributed by atoms with Gasteiger partial charge in [0.1, 0.15) is 6.61 Å². The van der Waals surface area contributed by atoms with Gasteiger partial charge < -0.3 is 9.84 Å². The van der Waals surface area contributed by atoms with Crippen LogP contribution in [-0.2, 0) is 9.53 Å². The highest BCUT2D eigenvalue weighted by atomic mass is 16.5. The van der Waals surface area contributed by atoms with Gasteiger partial charge in [0.25, 0.3) is 5.90 Å². The van der Waals surface area contributed by atoms with Gasteiger partial charge in [0.15, 0.2) is 0 Å². The van der Waals surface area contributed by atoms with Crippen molar-refractivity contribution in [2.45, 2.75) is 0 Å². The largest absolute Gasteiger partial charge is 0.474 e. The molecule has 0 fully saturated rings. The number of hydrogen-bond donors (Lipinski definition) is 1. The van der Waals surface area contributed by atoms with Gasteiger partial charge in [0.05, 0.1) is 6.54 Å². The number of carboxylic acid groups (broad SMARTS) is 1. The molecule has 4 heteroatoms. The number of aliphatic imine (C=N–C) groups is 1. The Morgan fingerprint density at radius 1 is 1.21 bits per heavy atom. The van der Waals surface area contributed by atoms with E-state index in [1.807, 2.05) is 36.4 Å². The summed E-state index contributed by atoms with van der Waals surface area (Å²) in [4.78, 5) is 13.5. The summed E-state index contributed by atoms with van der Waals surface area (Å²) in [5.74, 6) is -1.24. The highest BCUT2D eigenvalue weighted by Crippen LogP contribution is 1.92. The molecule has 1 aliphatic heterocycles. The fourth-order valence-corrected chi connectivity index (χ4v) is 0.849. The van der Waals surface area contributed by atoms with Crippen LogP contribution < -0.4 is 0 Å². The summed E-state index contributed by atoms with van der Waals surface area (Å²) in [6.45, 7) is 0.878. The fourth-order valence-electron chi connectivity index (χ4n) is 0.849. The maximum Gasteiger partial charge on any atom is 0.391 e. The van der Waals surface area contributed by atoms with E-state index in [0.717, 1.165) is 0 Å². The number of nitrogens with zero attached hydrogens (tertiary/aromatic N) is 1. The lowest BCUT2D eigenvalue weighted by Crippen LogP contribution is -2.12. The quantitative estimate of drug-likeness (QED) is 0.728. The van der Waals surface area contributed by atoms with E-state index in [1.165, 1.54) is 0 Å². The molecule has 2 rings (SSSR count). The van der Waals surface area contributed by atoms with Crippen LogP contribution in [0, 0.1) is 0 Å². The molecular formula is C10H11NO3. The second-order valence-electron chi connectivity index (χ2n) is 2.50. The lowest BCUT2D eigenvalue weighted by atomic mass is 10.4. The number of benzene rings is 1. The van der Waals surface area contributed by atoms with Gasteiger partial charge in [0, 0.05) is 0 Å². The van der Waals surface area contributed by atoms with Crippen molar-refractivity contribution in [3.8, 4) is 0 Å². The van der Waals surface area contributed by atoms with Gasteiger partial charge in [-0.25, -0.2) is 9.79 Å². The van der Waals surface area contributed by atoms with Crippen molar-refractivity contribution in [1.29, 1.82) is 0 Å². The predicted molar refractivity (Wildman–Crippen MR) is 52.3 cm³/mol. The first kappa shape index (κ1) is 10.2. The van der Waals surface area contributed by atoms with Gasteiger partial charge in [-0.1, -0.05) is 36.4 Å². The summed E-state index contributed by atoms with van der Waals surface area (Å²) in [5.41, 5.74) is 0. The monoisotopic (exact) mass is 193 g/mol. The third-order valence-corrected chi connectivity index (χ3v) is 1.44. The van der Waals surface area contributed by atoms with Crippen molar-refractivity contribution in [3.05, 3.63) is 36.4 Å². The Labute approximate surface area is 81.9 Å². The van der Waals surface area contributed by atoms with Crippen LogP contribution in [0.25, 0.3) is 0 Å². The summed E-state index contributed by atoms with van der Waals surface area (Å²) in [7, 11) is 0. The molecule has 1 aromatic carbocycles. The summed E-state index contributed by atoms with van der Waals surface area (Å²) in [5, 5.41) is 8.16. The standard InChI is InChI=1S/C6H6.C4H5NO3/c1-2-4-6-5-3-1;6-4(7)3-5-1-2-8-3/h1-6H;1-2H2,(H,6,7). The van der Waals surface area contributed by atoms with Gasteiger partial charge in [-0.15, -0.1) is 0 Å². The smallest absolute Gasteiger partial charge is 0.391 e. The molecule has 0 saturated carbocycles. The number of ether oxygens (including phenoxy) is 1. The van der Waals surface area contributed by atoms with Gasteiger partial charge >= 0.3 is 5.97 Å². The van der Waals surface area contributed by atoms with E-state index in [4.69, 9.17) is 5.11 Å². The van der Waals surface area contributed by atoms with Gasteiger partial charge in [-0.2, -0.15) is 0 Å². The van der Waals surface area contributed by atoms with Crippen LogP contribution in [0.2, 0.25) is 0 Å². The van der Waals surface area contributed by atoms with Gasteiger partial charge in [-0.05, 0) is 0 Å². The number of carbonyl (C=O) groups is 1. The molecule has 0 bridgehead atoms. The van der Waals surface area contributed by atoms with E-state index >= 15 is 0 Å². The van der Waals surface area contributed by atoms with E-state index in [2.05, 4.69) is 9.73 Å². The Morgan fingerprint density at radius 3 is 1.93 bits per heavy atom.